The van der Waals surface area contributed by atoms with E-state index in [-0.39, 0.29) is 5.78 Å². The molecule has 0 radical (unpaired) electrons. The number of benzene rings is 1. The van der Waals surface area contributed by atoms with E-state index in [0.717, 1.165) is 19.5 Å². The predicted octanol–water partition coefficient (Wildman–Crippen LogP) is 2.28. The van der Waals surface area contributed by atoms with Gasteiger partial charge in [0.15, 0.2) is 5.78 Å². The summed E-state index contributed by atoms with van der Waals surface area (Å²) in [5.41, 5.74) is 0.669. The zero-order chi connectivity index (χ0) is 13.7. The third-order valence-corrected chi connectivity index (χ3v) is 3.62. The van der Waals surface area contributed by atoms with Crippen LogP contribution in [0.4, 0.5) is 0 Å². The monoisotopic (exact) mass is 263 g/mol. The van der Waals surface area contributed by atoms with Crippen molar-refractivity contribution in [3.63, 3.8) is 0 Å². The van der Waals surface area contributed by atoms with Gasteiger partial charge in [-0.25, -0.2) is 0 Å². The third kappa shape index (κ3) is 3.70. The molecule has 1 unspecified atom stereocenters. The minimum atomic E-state index is 0.157. The smallest absolute Gasteiger partial charge is 0.163 e. The van der Waals surface area contributed by atoms with Gasteiger partial charge in [0.05, 0.1) is 14.2 Å². The van der Waals surface area contributed by atoms with Crippen molar-refractivity contribution in [3.8, 4) is 11.5 Å². The molecule has 1 aliphatic heterocycles. The number of hydrogen-bond donors (Lipinski definition) is 1. The highest BCUT2D eigenvalue weighted by Crippen LogP contribution is 2.24. The summed E-state index contributed by atoms with van der Waals surface area (Å²) in [5.74, 6) is 2.11. The minimum absolute atomic E-state index is 0.157. The standard InChI is InChI=1S/C15H21NO3/c1-18-13-7-12(8-14(9-13)19-2)15(17)4-3-11-5-6-16-10-11/h7-9,11,16H,3-6,10H2,1-2H3. The average Bonchev–Trinajstić information content (AvgIpc) is 2.97. The Hall–Kier alpha value is -1.55. The van der Waals surface area contributed by atoms with Crippen molar-refractivity contribution in [2.45, 2.75) is 19.3 Å². The average molecular weight is 263 g/mol. The summed E-state index contributed by atoms with van der Waals surface area (Å²) >= 11 is 0. The molecule has 0 aliphatic carbocycles. The maximum atomic E-state index is 12.2. The summed E-state index contributed by atoms with van der Waals surface area (Å²) < 4.78 is 10.4. The number of hydrogen-bond acceptors (Lipinski definition) is 4. The molecule has 1 aromatic rings. The first kappa shape index (κ1) is 13.9. The first-order valence-electron chi connectivity index (χ1n) is 6.70. The lowest BCUT2D eigenvalue weighted by atomic mass is 9.98. The molecule has 0 bridgehead atoms. The Bertz CT molecular complexity index is 417. The first-order chi connectivity index (χ1) is 9.22. The molecule has 1 saturated heterocycles. The molecule has 1 N–H and O–H groups in total. The van der Waals surface area contributed by atoms with Crippen LogP contribution in [0.2, 0.25) is 0 Å². The van der Waals surface area contributed by atoms with Crippen LogP contribution < -0.4 is 14.8 Å². The normalized spacial score (nSPS) is 18.3. The minimum Gasteiger partial charge on any atom is -0.497 e. The van der Waals surface area contributed by atoms with E-state index in [0.29, 0.717) is 29.4 Å². The van der Waals surface area contributed by atoms with Gasteiger partial charge in [-0.15, -0.1) is 0 Å². The van der Waals surface area contributed by atoms with Crippen LogP contribution in [0.3, 0.4) is 0 Å². The zero-order valence-corrected chi connectivity index (χ0v) is 11.6. The molecule has 1 heterocycles. The highest BCUT2D eigenvalue weighted by molar-refractivity contribution is 5.96. The fourth-order valence-electron chi connectivity index (χ4n) is 2.41. The molecule has 2 rings (SSSR count). The van der Waals surface area contributed by atoms with Gasteiger partial charge in [0.25, 0.3) is 0 Å². The lowest BCUT2D eigenvalue weighted by Crippen LogP contribution is -2.10. The van der Waals surface area contributed by atoms with Crippen molar-refractivity contribution in [1.29, 1.82) is 0 Å². The lowest BCUT2D eigenvalue weighted by molar-refractivity contribution is 0.0974. The lowest BCUT2D eigenvalue weighted by Gasteiger charge is -2.09. The van der Waals surface area contributed by atoms with Gasteiger partial charge in [0.1, 0.15) is 11.5 Å². The maximum absolute atomic E-state index is 12.2. The van der Waals surface area contributed by atoms with E-state index in [4.69, 9.17) is 9.47 Å². The van der Waals surface area contributed by atoms with Crippen LogP contribution in [0, 0.1) is 5.92 Å². The zero-order valence-electron chi connectivity index (χ0n) is 11.6. The van der Waals surface area contributed by atoms with Crippen molar-refractivity contribution in [1.82, 2.24) is 5.32 Å². The highest BCUT2D eigenvalue weighted by Gasteiger charge is 2.17. The topological polar surface area (TPSA) is 47.6 Å². The molecule has 0 amide bonds. The second-order valence-electron chi connectivity index (χ2n) is 4.92. The first-order valence-corrected chi connectivity index (χ1v) is 6.70. The van der Waals surface area contributed by atoms with Crippen molar-refractivity contribution in [3.05, 3.63) is 23.8 Å². The van der Waals surface area contributed by atoms with Crippen LogP contribution in [0.25, 0.3) is 0 Å². The molecule has 1 aromatic carbocycles. The number of ketones is 1. The predicted molar refractivity (Wildman–Crippen MR) is 74.1 cm³/mol. The largest absolute Gasteiger partial charge is 0.497 e. The molecule has 19 heavy (non-hydrogen) atoms. The molecule has 1 aliphatic rings. The Morgan fingerprint density at radius 3 is 2.47 bits per heavy atom. The van der Waals surface area contributed by atoms with Gasteiger partial charge in [-0.05, 0) is 44.0 Å². The molecule has 4 heteroatoms. The SMILES string of the molecule is COc1cc(OC)cc(C(=O)CCC2CCNC2)c1. The van der Waals surface area contributed by atoms with Crippen LogP contribution in [-0.4, -0.2) is 33.1 Å². The molecule has 0 saturated carbocycles. The molecule has 1 fully saturated rings. The van der Waals surface area contributed by atoms with Crippen LogP contribution in [0.1, 0.15) is 29.6 Å². The Kier molecular flexibility index (Phi) is 4.80. The number of carbonyl (C=O) groups excluding carboxylic acids is 1. The van der Waals surface area contributed by atoms with Crippen molar-refractivity contribution in [2.24, 2.45) is 5.92 Å². The van der Waals surface area contributed by atoms with Gasteiger partial charge in [0.2, 0.25) is 0 Å². The van der Waals surface area contributed by atoms with Crippen LogP contribution in [0.5, 0.6) is 11.5 Å². The summed E-state index contributed by atoms with van der Waals surface area (Å²) in [5, 5.41) is 3.32. The second kappa shape index (κ2) is 6.57. The van der Waals surface area contributed by atoms with Gasteiger partial charge in [-0.2, -0.15) is 0 Å². The van der Waals surface area contributed by atoms with E-state index >= 15 is 0 Å². The van der Waals surface area contributed by atoms with Gasteiger partial charge < -0.3 is 14.8 Å². The van der Waals surface area contributed by atoms with Gasteiger partial charge >= 0.3 is 0 Å². The summed E-state index contributed by atoms with van der Waals surface area (Å²) in [7, 11) is 3.18. The van der Waals surface area contributed by atoms with Crippen molar-refractivity contribution >= 4 is 5.78 Å². The molecular formula is C15H21NO3. The van der Waals surface area contributed by atoms with Gasteiger partial charge in [-0.1, -0.05) is 0 Å². The molecule has 1 atom stereocenters. The number of ether oxygens (including phenoxy) is 2. The summed E-state index contributed by atoms with van der Waals surface area (Å²) in [6, 6.07) is 5.33. The molecule has 104 valence electrons. The molecule has 0 spiro atoms. The fraction of sp³-hybridized carbons (Fsp3) is 0.533. The number of nitrogens with one attached hydrogen (secondary N) is 1. The Morgan fingerprint density at radius 2 is 1.95 bits per heavy atom. The highest BCUT2D eigenvalue weighted by atomic mass is 16.5. The van der Waals surface area contributed by atoms with E-state index in [1.54, 1.807) is 32.4 Å². The molecule has 0 aromatic heterocycles. The number of methoxy groups -OCH3 is 2. The summed E-state index contributed by atoms with van der Waals surface area (Å²) in [6.45, 7) is 2.11. The van der Waals surface area contributed by atoms with E-state index in [1.165, 1.54) is 6.42 Å². The summed E-state index contributed by atoms with van der Waals surface area (Å²) in [6.07, 6.45) is 2.71. The van der Waals surface area contributed by atoms with E-state index in [9.17, 15) is 4.79 Å². The van der Waals surface area contributed by atoms with Gasteiger partial charge in [0, 0.05) is 18.1 Å². The van der Waals surface area contributed by atoms with Crippen LogP contribution in [0.15, 0.2) is 18.2 Å². The molecule has 4 nitrogen and oxygen atoms in total. The van der Waals surface area contributed by atoms with Gasteiger partial charge in [-0.3, -0.25) is 4.79 Å². The van der Waals surface area contributed by atoms with E-state index in [2.05, 4.69) is 5.32 Å². The van der Waals surface area contributed by atoms with Crippen molar-refractivity contribution < 1.29 is 14.3 Å². The number of carbonyl (C=O) groups is 1. The maximum Gasteiger partial charge on any atom is 0.163 e. The Labute approximate surface area is 114 Å². The van der Waals surface area contributed by atoms with Crippen LogP contribution >= 0.6 is 0 Å². The second-order valence-corrected chi connectivity index (χ2v) is 4.92. The Morgan fingerprint density at radius 1 is 1.26 bits per heavy atom. The number of Topliss-reactive ketones (excluding diaryl/α,β-unsaturated/α-hetero) is 1. The van der Waals surface area contributed by atoms with Crippen LogP contribution in [-0.2, 0) is 0 Å². The van der Waals surface area contributed by atoms with E-state index in [1.807, 2.05) is 0 Å². The quantitative estimate of drug-likeness (QED) is 0.800. The summed E-state index contributed by atoms with van der Waals surface area (Å²) in [4.78, 5) is 12.2. The Balaban J connectivity index is 2.00. The molecular weight excluding hydrogens is 242 g/mol. The van der Waals surface area contributed by atoms with E-state index < -0.39 is 0 Å². The number of rotatable bonds is 6. The fourth-order valence-corrected chi connectivity index (χ4v) is 2.41. The third-order valence-electron chi connectivity index (χ3n) is 3.62. The van der Waals surface area contributed by atoms with Crippen molar-refractivity contribution in [2.75, 3.05) is 27.3 Å².